The van der Waals surface area contributed by atoms with Gasteiger partial charge in [-0.1, -0.05) is 91.0 Å². The summed E-state index contributed by atoms with van der Waals surface area (Å²) in [5, 5.41) is 23.2. The van der Waals surface area contributed by atoms with Crippen LogP contribution < -0.4 is 5.32 Å². The Hall–Kier alpha value is -3.68. The van der Waals surface area contributed by atoms with Crippen LogP contribution in [0, 0.1) is 0 Å². The summed E-state index contributed by atoms with van der Waals surface area (Å²) in [5.74, 6) is -0.390. The van der Waals surface area contributed by atoms with Gasteiger partial charge >= 0.3 is 6.03 Å². The summed E-state index contributed by atoms with van der Waals surface area (Å²) < 4.78 is 0. The molecule has 3 atom stereocenters. The Morgan fingerprint density at radius 1 is 0.771 bits per heavy atom. The molecule has 0 bridgehead atoms. The van der Waals surface area contributed by atoms with Crippen LogP contribution in [-0.2, 0) is 24.3 Å². The number of hydrogen-bond donors (Lipinski definition) is 3. The van der Waals surface area contributed by atoms with Crippen LogP contribution in [0.4, 0.5) is 4.79 Å². The number of aliphatic hydroxyl groups excluding tert-OH is 2. The molecule has 1 aliphatic heterocycles. The van der Waals surface area contributed by atoms with E-state index in [0.717, 1.165) is 16.7 Å². The molecule has 3 N–H and O–H groups in total. The van der Waals surface area contributed by atoms with Gasteiger partial charge in [-0.05, 0) is 23.1 Å². The maximum atomic E-state index is 13.6. The Kier molecular flexibility index (Phi) is 8.13. The van der Waals surface area contributed by atoms with Gasteiger partial charge in [0.1, 0.15) is 6.04 Å². The summed E-state index contributed by atoms with van der Waals surface area (Å²) in [6, 6.07) is 26.2. The van der Waals surface area contributed by atoms with Crippen molar-refractivity contribution in [3.63, 3.8) is 0 Å². The molecular weight excluding hydrogens is 442 g/mol. The Bertz CT molecular complexity index is 1090. The lowest BCUT2D eigenvalue weighted by molar-refractivity contribution is -0.127. The lowest BCUT2D eigenvalue weighted by atomic mass is 10.0. The second kappa shape index (κ2) is 11.6. The summed E-state index contributed by atoms with van der Waals surface area (Å²) >= 11 is 0. The Morgan fingerprint density at radius 3 is 1.74 bits per heavy atom. The number of carbonyl (C=O) groups is 2. The first kappa shape index (κ1) is 24.4. The summed E-state index contributed by atoms with van der Waals surface area (Å²) in [5.41, 5.74) is 2.79. The van der Waals surface area contributed by atoms with Gasteiger partial charge in [0.2, 0.25) is 5.91 Å². The third-order valence-corrected chi connectivity index (χ3v) is 6.33. The molecule has 0 radical (unpaired) electrons. The van der Waals surface area contributed by atoms with Crippen LogP contribution in [0.2, 0.25) is 0 Å². The van der Waals surface area contributed by atoms with Gasteiger partial charge in [0.25, 0.3) is 0 Å². The highest BCUT2D eigenvalue weighted by Crippen LogP contribution is 2.27. The van der Waals surface area contributed by atoms with E-state index in [1.807, 2.05) is 91.0 Å². The zero-order valence-electron chi connectivity index (χ0n) is 19.5. The Labute approximate surface area is 205 Å². The van der Waals surface area contributed by atoms with Crippen molar-refractivity contribution in [1.82, 2.24) is 15.1 Å². The summed E-state index contributed by atoms with van der Waals surface area (Å²) in [4.78, 5) is 30.2. The van der Waals surface area contributed by atoms with Crippen molar-refractivity contribution in [3.8, 4) is 0 Å². The standard InChI is InChI=1S/C28H31N3O4/c32-19-24(16-21-10-4-1-5-11-21)29-27(34)26-25(20-33)30(17-22-12-6-2-7-13-22)28(35)31(26)18-23-14-8-3-9-15-23/h1-15,24-26,32-33H,16-20H2,(H,29,34)/t24-,25-,26-/m0/s1. The second-order valence-corrected chi connectivity index (χ2v) is 8.78. The number of hydrogen-bond acceptors (Lipinski definition) is 4. The van der Waals surface area contributed by atoms with E-state index in [9.17, 15) is 19.8 Å². The minimum absolute atomic E-state index is 0.238. The number of nitrogens with one attached hydrogen (secondary N) is 1. The van der Waals surface area contributed by atoms with Gasteiger partial charge < -0.3 is 25.3 Å². The third kappa shape index (κ3) is 5.88. The number of aliphatic hydroxyl groups is 2. The van der Waals surface area contributed by atoms with E-state index in [0.29, 0.717) is 6.42 Å². The predicted octanol–water partition coefficient (Wildman–Crippen LogP) is 2.57. The van der Waals surface area contributed by atoms with Crippen molar-refractivity contribution in [3.05, 3.63) is 108 Å². The van der Waals surface area contributed by atoms with E-state index in [2.05, 4.69) is 5.32 Å². The first-order valence-corrected chi connectivity index (χ1v) is 11.8. The van der Waals surface area contributed by atoms with Crippen molar-refractivity contribution in [1.29, 1.82) is 0 Å². The molecule has 3 amide bonds. The van der Waals surface area contributed by atoms with Gasteiger partial charge in [-0.25, -0.2) is 4.79 Å². The van der Waals surface area contributed by atoms with Crippen molar-refractivity contribution in [2.75, 3.05) is 13.2 Å². The smallest absolute Gasteiger partial charge is 0.321 e. The molecule has 182 valence electrons. The molecule has 1 saturated heterocycles. The average molecular weight is 474 g/mol. The van der Waals surface area contributed by atoms with Crippen LogP contribution in [0.15, 0.2) is 91.0 Å². The van der Waals surface area contributed by atoms with Gasteiger partial charge in [0.05, 0.1) is 25.3 Å². The Morgan fingerprint density at radius 2 is 1.26 bits per heavy atom. The molecule has 4 rings (SSSR count). The average Bonchev–Trinajstić information content (AvgIpc) is 3.15. The fraction of sp³-hybridized carbons (Fsp3) is 0.286. The molecule has 7 nitrogen and oxygen atoms in total. The van der Waals surface area contributed by atoms with Gasteiger partial charge in [0, 0.05) is 13.1 Å². The minimum Gasteiger partial charge on any atom is -0.394 e. The maximum absolute atomic E-state index is 13.6. The summed E-state index contributed by atoms with van der Waals surface area (Å²) in [7, 11) is 0. The topological polar surface area (TPSA) is 93.1 Å². The van der Waals surface area contributed by atoms with Crippen molar-refractivity contribution >= 4 is 11.9 Å². The van der Waals surface area contributed by atoms with Crippen LogP contribution in [0.3, 0.4) is 0 Å². The molecule has 7 heteroatoms. The van der Waals surface area contributed by atoms with E-state index in [-0.39, 0.29) is 38.2 Å². The van der Waals surface area contributed by atoms with E-state index in [1.54, 1.807) is 4.90 Å². The van der Waals surface area contributed by atoms with Crippen molar-refractivity contribution in [2.45, 2.75) is 37.6 Å². The fourth-order valence-corrected chi connectivity index (χ4v) is 4.58. The van der Waals surface area contributed by atoms with E-state index >= 15 is 0 Å². The molecule has 0 unspecified atom stereocenters. The number of nitrogens with zero attached hydrogens (tertiary/aromatic N) is 2. The molecule has 0 aliphatic carbocycles. The summed E-state index contributed by atoms with van der Waals surface area (Å²) in [6.07, 6.45) is 0.458. The van der Waals surface area contributed by atoms with Gasteiger partial charge in [-0.2, -0.15) is 0 Å². The first-order valence-electron chi connectivity index (χ1n) is 11.8. The molecule has 0 spiro atoms. The van der Waals surface area contributed by atoms with Crippen LogP contribution in [0.1, 0.15) is 16.7 Å². The van der Waals surface area contributed by atoms with E-state index in [4.69, 9.17) is 0 Å². The van der Waals surface area contributed by atoms with E-state index in [1.165, 1.54) is 4.90 Å². The predicted molar refractivity (Wildman–Crippen MR) is 133 cm³/mol. The van der Waals surface area contributed by atoms with Crippen molar-refractivity contribution < 1.29 is 19.8 Å². The molecule has 1 heterocycles. The second-order valence-electron chi connectivity index (χ2n) is 8.78. The summed E-state index contributed by atoms with van der Waals surface area (Å²) in [6.45, 7) is -0.0720. The van der Waals surface area contributed by atoms with Gasteiger partial charge in [-0.3, -0.25) is 4.79 Å². The highest BCUT2D eigenvalue weighted by atomic mass is 16.3. The van der Waals surface area contributed by atoms with Crippen LogP contribution in [-0.4, -0.2) is 63.3 Å². The van der Waals surface area contributed by atoms with Gasteiger partial charge in [-0.15, -0.1) is 0 Å². The lowest BCUT2D eigenvalue weighted by Gasteiger charge is -2.28. The highest BCUT2D eigenvalue weighted by molar-refractivity contribution is 5.91. The molecule has 3 aromatic carbocycles. The molecule has 0 saturated carbocycles. The molecule has 1 fully saturated rings. The fourth-order valence-electron chi connectivity index (χ4n) is 4.58. The van der Waals surface area contributed by atoms with Crippen molar-refractivity contribution in [2.24, 2.45) is 0 Å². The molecular formula is C28H31N3O4. The maximum Gasteiger partial charge on any atom is 0.321 e. The van der Waals surface area contributed by atoms with Crippen LogP contribution >= 0.6 is 0 Å². The first-order chi connectivity index (χ1) is 17.1. The van der Waals surface area contributed by atoms with Gasteiger partial charge in [0.15, 0.2) is 0 Å². The molecule has 35 heavy (non-hydrogen) atoms. The number of carbonyl (C=O) groups excluding carboxylic acids is 2. The quantitative estimate of drug-likeness (QED) is 0.422. The number of amides is 3. The number of rotatable bonds is 10. The lowest BCUT2D eigenvalue weighted by Crippen LogP contribution is -2.53. The van der Waals surface area contributed by atoms with Crippen LogP contribution in [0.25, 0.3) is 0 Å². The zero-order valence-corrected chi connectivity index (χ0v) is 19.5. The molecule has 1 aliphatic rings. The normalized spacial score (nSPS) is 18.5. The van der Waals surface area contributed by atoms with Crippen LogP contribution in [0.5, 0.6) is 0 Å². The highest BCUT2D eigenvalue weighted by Gasteiger charge is 2.49. The number of urea groups is 1. The minimum atomic E-state index is -0.902. The molecule has 0 aromatic heterocycles. The largest absolute Gasteiger partial charge is 0.394 e. The Balaban J connectivity index is 1.59. The monoisotopic (exact) mass is 473 g/mol. The zero-order chi connectivity index (χ0) is 24.6. The number of benzene rings is 3. The molecule has 3 aromatic rings. The SMILES string of the molecule is O=C(N[C@H](CO)Cc1ccccc1)[C@@H]1[C@H](CO)N(Cc2ccccc2)C(=O)N1Cc1ccccc1. The third-order valence-electron chi connectivity index (χ3n) is 6.33. The van der Waals surface area contributed by atoms with E-state index < -0.39 is 18.1 Å².